The van der Waals surface area contributed by atoms with Crippen LogP contribution in [-0.2, 0) is 28.1 Å². The van der Waals surface area contributed by atoms with E-state index in [4.69, 9.17) is 10.7 Å². The van der Waals surface area contributed by atoms with Crippen LogP contribution in [0.2, 0.25) is 0 Å². The molecule has 0 atom stereocenters. The van der Waals surface area contributed by atoms with E-state index in [0.717, 1.165) is 22.3 Å². The second kappa shape index (κ2) is 7.95. The third-order valence-electron chi connectivity index (χ3n) is 5.28. The van der Waals surface area contributed by atoms with Crippen LogP contribution in [0.1, 0.15) is 29.2 Å². The van der Waals surface area contributed by atoms with Gasteiger partial charge in [0.1, 0.15) is 5.78 Å². The molecular formula is C25H23N3O2. The Kier molecular flexibility index (Phi) is 5.19. The van der Waals surface area contributed by atoms with Gasteiger partial charge in [-0.2, -0.15) is 0 Å². The molecule has 0 aromatic heterocycles. The zero-order valence-corrected chi connectivity index (χ0v) is 16.8. The Morgan fingerprint density at radius 2 is 1.47 bits per heavy atom. The minimum atomic E-state index is -1.20. The van der Waals surface area contributed by atoms with Crippen molar-refractivity contribution >= 4 is 17.6 Å². The number of rotatable bonds is 6. The molecule has 1 heterocycles. The maximum Gasteiger partial charge on any atom is 0.266 e. The zero-order valence-electron chi connectivity index (χ0n) is 16.8. The van der Waals surface area contributed by atoms with E-state index < -0.39 is 5.54 Å². The Morgan fingerprint density at radius 1 is 0.900 bits per heavy atom. The average molecular weight is 397 g/mol. The van der Waals surface area contributed by atoms with Crippen molar-refractivity contribution in [1.29, 1.82) is 0 Å². The highest BCUT2D eigenvalue weighted by Crippen LogP contribution is 2.39. The second-order valence-corrected chi connectivity index (χ2v) is 7.50. The Labute approximate surface area is 175 Å². The van der Waals surface area contributed by atoms with Gasteiger partial charge in [0.2, 0.25) is 0 Å². The molecule has 150 valence electrons. The minimum absolute atomic E-state index is 0.0950. The van der Waals surface area contributed by atoms with Gasteiger partial charge in [-0.15, -0.1) is 0 Å². The molecule has 3 aromatic carbocycles. The monoisotopic (exact) mass is 397 g/mol. The Morgan fingerprint density at radius 3 is 2.03 bits per heavy atom. The number of nitrogens with two attached hydrogens (primary N) is 1. The van der Waals surface area contributed by atoms with Gasteiger partial charge in [-0.05, 0) is 29.2 Å². The molecule has 4 rings (SSSR count). The first-order valence-electron chi connectivity index (χ1n) is 9.86. The van der Waals surface area contributed by atoms with E-state index in [9.17, 15) is 9.59 Å². The summed E-state index contributed by atoms with van der Waals surface area (Å²) in [6.45, 7) is 1.86. The maximum absolute atomic E-state index is 13.8. The molecule has 30 heavy (non-hydrogen) atoms. The number of ketones is 1. The summed E-state index contributed by atoms with van der Waals surface area (Å²) in [7, 11) is 0. The Bertz CT molecular complexity index is 1070. The third kappa shape index (κ3) is 3.50. The van der Waals surface area contributed by atoms with E-state index in [0.29, 0.717) is 13.0 Å². The van der Waals surface area contributed by atoms with Crippen molar-refractivity contribution in [2.24, 2.45) is 10.7 Å². The van der Waals surface area contributed by atoms with E-state index in [1.165, 1.54) is 4.90 Å². The molecule has 3 aromatic rings. The van der Waals surface area contributed by atoms with Gasteiger partial charge in [0.25, 0.3) is 5.91 Å². The van der Waals surface area contributed by atoms with E-state index in [-0.39, 0.29) is 17.6 Å². The number of carbonyl (C=O) groups is 2. The molecule has 5 heteroatoms. The van der Waals surface area contributed by atoms with Gasteiger partial charge in [-0.3, -0.25) is 14.5 Å². The van der Waals surface area contributed by atoms with Crippen molar-refractivity contribution in [3.8, 4) is 0 Å². The quantitative estimate of drug-likeness (QED) is 0.692. The molecular weight excluding hydrogens is 374 g/mol. The van der Waals surface area contributed by atoms with Crippen LogP contribution in [0.3, 0.4) is 0 Å². The predicted molar refractivity (Wildman–Crippen MR) is 117 cm³/mol. The summed E-state index contributed by atoms with van der Waals surface area (Å²) < 4.78 is 0. The lowest BCUT2D eigenvalue weighted by atomic mass is 9.83. The van der Waals surface area contributed by atoms with Crippen LogP contribution in [0.4, 0.5) is 0 Å². The van der Waals surface area contributed by atoms with Gasteiger partial charge in [-0.25, -0.2) is 4.99 Å². The third-order valence-corrected chi connectivity index (χ3v) is 5.28. The number of aliphatic imine (C=N–C) groups is 1. The number of Topliss-reactive ketones (excluding diaryl/α,β-unsaturated/α-hetero) is 1. The molecule has 0 aliphatic carbocycles. The van der Waals surface area contributed by atoms with Gasteiger partial charge in [-0.1, -0.05) is 84.9 Å². The summed E-state index contributed by atoms with van der Waals surface area (Å²) in [5.41, 5.74) is 8.45. The smallest absolute Gasteiger partial charge is 0.266 e. The fraction of sp³-hybridized carbons (Fsp3) is 0.160. The minimum Gasteiger partial charge on any atom is -0.369 e. The SMILES string of the molecule is CC(=O)Cc1cccc(CN2C(=O)C(c3ccccc3)(c3ccccc3)N=C2N)c1. The summed E-state index contributed by atoms with van der Waals surface area (Å²) in [6.07, 6.45) is 0.364. The molecule has 0 radical (unpaired) electrons. The number of benzene rings is 3. The Balaban J connectivity index is 1.73. The molecule has 1 aliphatic rings. The summed E-state index contributed by atoms with van der Waals surface area (Å²) in [4.78, 5) is 31.5. The molecule has 5 nitrogen and oxygen atoms in total. The molecule has 0 saturated carbocycles. The van der Waals surface area contributed by atoms with E-state index in [1.54, 1.807) is 6.92 Å². The number of guanidine groups is 1. The lowest BCUT2D eigenvalue weighted by Gasteiger charge is -2.27. The fourth-order valence-corrected chi connectivity index (χ4v) is 3.94. The lowest BCUT2D eigenvalue weighted by molar-refractivity contribution is -0.130. The molecule has 0 spiro atoms. The number of hydrogen-bond acceptors (Lipinski definition) is 4. The lowest BCUT2D eigenvalue weighted by Crippen LogP contribution is -2.43. The van der Waals surface area contributed by atoms with Crippen LogP contribution < -0.4 is 5.73 Å². The predicted octanol–water partition coefficient (Wildman–Crippen LogP) is 3.42. The highest BCUT2D eigenvalue weighted by Gasteiger charge is 2.50. The van der Waals surface area contributed by atoms with Crippen molar-refractivity contribution in [3.63, 3.8) is 0 Å². The van der Waals surface area contributed by atoms with Gasteiger partial charge >= 0.3 is 0 Å². The van der Waals surface area contributed by atoms with Crippen LogP contribution in [0, 0.1) is 0 Å². The average Bonchev–Trinajstić information content (AvgIpc) is 3.00. The van der Waals surface area contributed by atoms with Crippen LogP contribution >= 0.6 is 0 Å². The van der Waals surface area contributed by atoms with Crippen LogP contribution in [0.25, 0.3) is 0 Å². The molecule has 0 bridgehead atoms. The first-order valence-corrected chi connectivity index (χ1v) is 9.86. The number of carbonyl (C=O) groups excluding carboxylic acids is 2. The fourth-order valence-electron chi connectivity index (χ4n) is 3.94. The van der Waals surface area contributed by atoms with E-state index in [2.05, 4.69) is 0 Å². The van der Waals surface area contributed by atoms with Crippen LogP contribution in [0.15, 0.2) is 89.9 Å². The highest BCUT2D eigenvalue weighted by atomic mass is 16.2. The molecule has 0 saturated heterocycles. The van der Waals surface area contributed by atoms with Crippen molar-refractivity contribution < 1.29 is 9.59 Å². The number of nitrogens with zero attached hydrogens (tertiary/aromatic N) is 2. The highest BCUT2D eigenvalue weighted by molar-refractivity contribution is 6.09. The van der Waals surface area contributed by atoms with Crippen molar-refractivity contribution in [3.05, 3.63) is 107 Å². The summed E-state index contributed by atoms with van der Waals surface area (Å²) in [5, 5.41) is 0. The first-order chi connectivity index (χ1) is 14.5. The van der Waals surface area contributed by atoms with Crippen molar-refractivity contribution in [2.45, 2.75) is 25.4 Å². The van der Waals surface area contributed by atoms with Crippen molar-refractivity contribution in [1.82, 2.24) is 4.90 Å². The van der Waals surface area contributed by atoms with Gasteiger partial charge in [0.05, 0.1) is 6.54 Å². The van der Waals surface area contributed by atoms with Gasteiger partial charge < -0.3 is 5.73 Å². The van der Waals surface area contributed by atoms with E-state index >= 15 is 0 Å². The topological polar surface area (TPSA) is 75.8 Å². The molecule has 0 fully saturated rings. The standard InChI is InChI=1S/C25H23N3O2/c1-18(29)15-19-9-8-10-20(16-19)17-28-23(30)25(27-24(28)26,21-11-4-2-5-12-21)22-13-6-3-7-14-22/h2-14,16H,15,17H2,1H3,(H2,26,27). The summed E-state index contributed by atoms with van der Waals surface area (Å²) in [5.74, 6) is 0.0942. The maximum atomic E-state index is 13.8. The molecule has 0 unspecified atom stereocenters. The number of hydrogen-bond donors (Lipinski definition) is 1. The van der Waals surface area contributed by atoms with Gasteiger partial charge in [0.15, 0.2) is 11.5 Å². The van der Waals surface area contributed by atoms with Crippen LogP contribution in [0.5, 0.6) is 0 Å². The van der Waals surface area contributed by atoms with Crippen LogP contribution in [-0.4, -0.2) is 22.5 Å². The Hall–Kier alpha value is -3.73. The molecule has 2 N–H and O–H groups in total. The molecule has 1 aliphatic heterocycles. The first kappa shape index (κ1) is 19.6. The second-order valence-electron chi connectivity index (χ2n) is 7.50. The molecule has 1 amide bonds. The zero-order chi connectivity index (χ0) is 21.1. The number of amides is 1. The largest absolute Gasteiger partial charge is 0.369 e. The van der Waals surface area contributed by atoms with Crippen molar-refractivity contribution in [2.75, 3.05) is 0 Å². The normalized spacial score (nSPS) is 15.2. The summed E-state index contributed by atoms with van der Waals surface area (Å²) in [6, 6.07) is 26.7. The van der Waals surface area contributed by atoms with E-state index in [1.807, 2.05) is 84.9 Å². The van der Waals surface area contributed by atoms with Gasteiger partial charge in [0, 0.05) is 6.42 Å². The summed E-state index contributed by atoms with van der Waals surface area (Å²) >= 11 is 0.